The molecule has 4 heteroatoms. The molecule has 1 aromatic carbocycles. The number of piperidine rings is 1. The van der Waals surface area contributed by atoms with Crippen LogP contribution in [0.25, 0.3) is 0 Å². The molecular formula is C17H26ClN3. The third-order valence-electron chi connectivity index (χ3n) is 4.69. The van der Waals surface area contributed by atoms with E-state index in [0.717, 1.165) is 30.7 Å². The van der Waals surface area contributed by atoms with Gasteiger partial charge in [-0.05, 0) is 57.5 Å². The van der Waals surface area contributed by atoms with Gasteiger partial charge in [0.2, 0.25) is 0 Å². The molecule has 116 valence electrons. The third kappa shape index (κ3) is 3.91. The zero-order valence-corrected chi connectivity index (χ0v) is 13.9. The summed E-state index contributed by atoms with van der Waals surface area (Å²) in [6.07, 6.45) is 5.18. The summed E-state index contributed by atoms with van der Waals surface area (Å²) in [5, 5.41) is 4.43. The van der Waals surface area contributed by atoms with Crippen molar-refractivity contribution in [3.8, 4) is 0 Å². The van der Waals surface area contributed by atoms with Crippen molar-refractivity contribution in [2.45, 2.75) is 44.3 Å². The minimum Gasteiger partial charge on any atom is -0.370 e. The summed E-state index contributed by atoms with van der Waals surface area (Å²) in [6.45, 7) is 3.13. The standard InChI is InChI=1S/C17H26ClN3/c1-20(2)16-4-3-9-21(12-16)15-8-5-13(17(18)10-15)11-19-14-6-7-14/h5,8,10,14,16,19H,3-4,6-7,9,11-12H2,1-2H3. The lowest BCUT2D eigenvalue weighted by Crippen LogP contribution is -2.45. The quantitative estimate of drug-likeness (QED) is 0.901. The van der Waals surface area contributed by atoms with Crippen LogP contribution in [-0.2, 0) is 6.54 Å². The smallest absolute Gasteiger partial charge is 0.0471 e. The fourth-order valence-electron chi connectivity index (χ4n) is 3.03. The number of benzene rings is 1. The molecule has 0 aromatic heterocycles. The van der Waals surface area contributed by atoms with Crippen LogP contribution < -0.4 is 10.2 Å². The number of hydrogen-bond donors (Lipinski definition) is 1. The number of nitrogens with zero attached hydrogens (tertiary/aromatic N) is 2. The molecule has 1 N–H and O–H groups in total. The molecule has 1 unspecified atom stereocenters. The van der Waals surface area contributed by atoms with Crippen molar-refractivity contribution in [3.63, 3.8) is 0 Å². The van der Waals surface area contributed by atoms with Crippen LogP contribution in [0.5, 0.6) is 0 Å². The number of anilines is 1. The van der Waals surface area contributed by atoms with Crippen molar-refractivity contribution in [1.82, 2.24) is 10.2 Å². The van der Waals surface area contributed by atoms with Gasteiger partial charge in [0.05, 0.1) is 0 Å². The van der Waals surface area contributed by atoms with E-state index in [-0.39, 0.29) is 0 Å². The van der Waals surface area contributed by atoms with E-state index in [9.17, 15) is 0 Å². The first-order valence-corrected chi connectivity index (χ1v) is 8.44. The maximum Gasteiger partial charge on any atom is 0.0471 e. The Labute approximate surface area is 133 Å². The summed E-state index contributed by atoms with van der Waals surface area (Å²) in [4.78, 5) is 4.81. The predicted octanol–water partition coefficient (Wildman–Crippen LogP) is 3.12. The van der Waals surface area contributed by atoms with Crippen molar-refractivity contribution < 1.29 is 0 Å². The molecule has 21 heavy (non-hydrogen) atoms. The highest BCUT2D eigenvalue weighted by atomic mass is 35.5. The Morgan fingerprint density at radius 2 is 2.10 bits per heavy atom. The van der Waals surface area contributed by atoms with Gasteiger partial charge >= 0.3 is 0 Å². The van der Waals surface area contributed by atoms with Crippen LogP contribution in [-0.4, -0.2) is 44.2 Å². The molecule has 0 amide bonds. The number of nitrogens with one attached hydrogen (secondary N) is 1. The zero-order valence-electron chi connectivity index (χ0n) is 13.1. The summed E-state index contributed by atoms with van der Waals surface area (Å²) >= 11 is 6.47. The second-order valence-electron chi connectivity index (χ2n) is 6.64. The van der Waals surface area contributed by atoms with Crippen molar-refractivity contribution in [2.24, 2.45) is 0 Å². The summed E-state index contributed by atoms with van der Waals surface area (Å²) in [5.41, 5.74) is 2.48. The first-order valence-electron chi connectivity index (χ1n) is 8.06. The summed E-state index contributed by atoms with van der Waals surface area (Å²) in [6, 6.07) is 7.93. The topological polar surface area (TPSA) is 18.5 Å². The van der Waals surface area contributed by atoms with E-state index < -0.39 is 0 Å². The van der Waals surface area contributed by atoms with Crippen molar-refractivity contribution >= 4 is 17.3 Å². The Balaban J connectivity index is 1.65. The maximum absolute atomic E-state index is 6.47. The van der Waals surface area contributed by atoms with Gasteiger partial charge in [-0.25, -0.2) is 0 Å². The molecule has 3 nitrogen and oxygen atoms in total. The van der Waals surface area contributed by atoms with E-state index in [2.05, 4.69) is 47.4 Å². The molecule has 0 spiro atoms. The first-order chi connectivity index (χ1) is 10.1. The Morgan fingerprint density at radius 1 is 1.29 bits per heavy atom. The number of halogens is 1. The van der Waals surface area contributed by atoms with Gasteiger partial charge in [-0.15, -0.1) is 0 Å². The van der Waals surface area contributed by atoms with E-state index in [1.54, 1.807) is 0 Å². The molecule has 0 bridgehead atoms. The molecule has 1 heterocycles. The monoisotopic (exact) mass is 307 g/mol. The molecule has 2 fully saturated rings. The van der Waals surface area contributed by atoms with Gasteiger partial charge in [-0.2, -0.15) is 0 Å². The Morgan fingerprint density at radius 3 is 2.76 bits per heavy atom. The molecule has 1 saturated heterocycles. The number of likely N-dealkylation sites (N-methyl/N-ethyl adjacent to an activating group) is 1. The molecule has 1 aliphatic carbocycles. The largest absolute Gasteiger partial charge is 0.370 e. The second-order valence-corrected chi connectivity index (χ2v) is 7.04. The van der Waals surface area contributed by atoms with E-state index >= 15 is 0 Å². The van der Waals surface area contributed by atoms with Gasteiger partial charge in [0.15, 0.2) is 0 Å². The van der Waals surface area contributed by atoms with Crippen molar-refractivity contribution in [2.75, 3.05) is 32.1 Å². The van der Waals surface area contributed by atoms with Crippen LogP contribution in [0.1, 0.15) is 31.2 Å². The highest BCUT2D eigenvalue weighted by molar-refractivity contribution is 6.31. The SMILES string of the molecule is CN(C)C1CCCN(c2ccc(CNC3CC3)c(Cl)c2)C1. The zero-order chi connectivity index (χ0) is 14.8. The molecular weight excluding hydrogens is 282 g/mol. The van der Waals surface area contributed by atoms with Gasteiger partial charge in [0.25, 0.3) is 0 Å². The molecule has 1 aliphatic heterocycles. The van der Waals surface area contributed by atoms with E-state index in [4.69, 9.17) is 11.6 Å². The normalized spacial score (nSPS) is 22.9. The highest BCUT2D eigenvalue weighted by Crippen LogP contribution is 2.28. The van der Waals surface area contributed by atoms with Crippen molar-refractivity contribution in [1.29, 1.82) is 0 Å². The van der Waals surface area contributed by atoms with Gasteiger partial charge in [0.1, 0.15) is 0 Å². The minimum absolute atomic E-state index is 0.647. The van der Waals surface area contributed by atoms with Crippen LogP contribution in [0, 0.1) is 0 Å². The Bertz CT molecular complexity index is 485. The summed E-state index contributed by atoms with van der Waals surface area (Å²) in [7, 11) is 4.35. The van der Waals surface area contributed by atoms with Gasteiger partial charge < -0.3 is 15.1 Å². The number of hydrogen-bond acceptors (Lipinski definition) is 3. The second kappa shape index (κ2) is 6.55. The lowest BCUT2D eigenvalue weighted by molar-refractivity contribution is 0.258. The third-order valence-corrected chi connectivity index (χ3v) is 5.04. The predicted molar refractivity (Wildman–Crippen MR) is 90.2 cm³/mol. The highest BCUT2D eigenvalue weighted by Gasteiger charge is 2.23. The van der Waals surface area contributed by atoms with E-state index in [1.165, 1.54) is 36.9 Å². The molecule has 1 atom stereocenters. The van der Waals surface area contributed by atoms with Crippen molar-refractivity contribution in [3.05, 3.63) is 28.8 Å². The maximum atomic E-state index is 6.47. The van der Waals surface area contributed by atoms with Crippen LogP contribution in [0.3, 0.4) is 0 Å². The van der Waals surface area contributed by atoms with Crippen LogP contribution in [0.4, 0.5) is 5.69 Å². The summed E-state index contributed by atoms with van der Waals surface area (Å²) < 4.78 is 0. The average molecular weight is 308 g/mol. The molecule has 1 saturated carbocycles. The fraction of sp³-hybridized carbons (Fsp3) is 0.647. The molecule has 2 aliphatic rings. The van der Waals surface area contributed by atoms with Crippen LogP contribution in [0.2, 0.25) is 5.02 Å². The van der Waals surface area contributed by atoms with Gasteiger partial charge in [-0.3, -0.25) is 0 Å². The first kappa shape index (κ1) is 15.1. The lowest BCUT2D eigenvalue weighted by Gasteiger charge is -2.37. The summed E-state index contributed by atoms with van der Waals surface area (Å²) in [5.74, 6) is 0. The lowest BCUT2D eigenvalue weighted by atomic mass is 10.0. The molecule has 0 radical (unpaired) electrons. The fourth-order valence-corrected chi connectivity index (χ4v) is 3.27. The van der Waals surface area contributed by atoms with Gasteiger partial charge in [-0.1, -0.05) is 17.7 Å². The van der Waals surface area contributed by atoms with Crippen LogP contribution >= 0.6 is 11.6 Å². The Kier molecular flexibility index (Phi) is 4.72. The Hall–Kier alpha value is -0.770. The van der Waals surface area contributed by atoms with Gasteiger partial charge in [0, 0.05) is 42.4 Å². The number of rotatable bonds is 5. The minimum atomic E-state index is 0.647. The van der Waals surface area contributed by atoms with Crippen LogP contribution in [0.15, 0.2) is 18.2 Å². The average Bonchev–Trinajstić information content (AvgIpc) is 3.30. The molecule has 3 rings (SSSR count). The van der Waals surface area contributed by atoms with E-state index in [0.29, 0.717) is 6.04 Å². The van der Waals surface area contributed by atoms with E-state index in [1.807, 2.05) is 0 Å². The molecule has 1 aromatic rings.